The predicted molar refractivity (Wildman–Crippen MR) is 76.1 cm³/mol. The highest BCUT2D eigenvalue weighted by molar-refractivity contribution is 5.93. The van der Waals surface area contributed by atoms with Crippen molar-refractivity contribution in [1.82, 2.24) is 0 Å². The molecular formula is C15H16O6. The fraction of sp³-hybridized carbons (Fsp3) is 0.333. The van der Waals surface area contributed by atoms with Crippen molar-refractivity contribution in [3.05, 3.63) is 28.6 Å². The van der Waals surface area contributed by atoms with Crippen LogP contribution in [0.1, 0.15) is 20.8 Å². The maximum atomic E-state index is 11.9. The minimum atomic E-state index is -0.652. The fourth-order valence-corrected chi connectivity index (χ4v) is 1.94. The summed E-state index contributed by atoms with van der Waals surface area (Å²) in [5.74, 6) is -0.0905. The summed E-state index contributed by atoms with van der Waals surface area (Å²) in [7, 11) is 1.35. The first-order chi connectivity index (χ1) is 9.93. The van der Waals surface area contributed by atoms with Gasteiger partial charge in [-0.3, -0.25) is 4.79 Å². The van der Waals surface area contributed by atoms with Gasteiger partial charge in [0.25, 0.3) is 0 Å². The molecule has 6 nitrogen and oxygen atoms in total. The largest absolute Gasteiger partial charge is 0.487 e. The van der Waals surface area contributed by atoms with Crippen molar-refractivity contribution >= 4 is 16.9 Å². The van der Waals surface area contributed by atoms with Crippen LogP contribution in [0.2, 0.25) is 0 Å². The number of fused-ring (bicyclic) bond motifs is 1. The van der Waals surface area contributed by atoms with Crippen LogP contribution in [0.3, 0.4) is 0 Å². The Morgan fingerprint density at radius 2 is 1.95 bits per heavy atom. The van der Waals surface area contributed by atoms with Gasteiger partial charge in [-0.2, -0.15) is 0 Å². The summed E-state index contributed by atoms with van der Waals surface area (Å²) in [4.78, 5) is 23.1. The smallest absolute Gasteiger partial charge is 0.383 e. The molecule has 0 amide bonds. The van der Waals surface area contributed by atoms with Crippen LogP contribution in [-0.4, -0.2) is 19.2 Å². The van der Waals surface area contributed by atoms with Gasteiger partial charge in [-0.25, -0.2) is 4.79 Å². The van der Waals surface area contributed by atoms with E-state index in [-0.39, 0.29) is 28.9 Å². The van der Waals surface area contributed by atoms with Gasteiger partial charge in [0.2, 0.25) is 5.75 Å². The number of hydrogen-bond donors (Lipinski definition) is 0. The van der Waals surface area contributed by atoms with Crippen LogP contribution < -0.4 is 19.8 Å². The lowest BCUT2D eigenvalue weighted by atomic mass is 10.2. The topological polar surface area (TPSA) is 75.0 Å². The Hall–Kier alpha value is -2.50. The average molecular weight is 292 g/mol. The van der Waals surface area contributed by atoms with E-state index in [1.807, 2.05) is 13.8 Å². The first-order valence-corrected chi connectivity index (χ1v) is 6.43. The molecule has 0 aliphatic heterocycles. The van der Waals surface area contributed by atoms with Crippen LogP contribution in [0, 0.1) is 0 Å². The van der Waals surface area contributed by atoms with E-state index in [9.17, 15) is 9.59 Å². The van der Waals surface area contributed by atoms with Crippen molar-refractivity contribution < 1.29 is 23.4 Å². The van der Waals surface area contributed by atoms with Crippen LogP contribution in [0.15, 0.2) is 27.4 Å². The summed E-state index contributed by atoms with van der Waals surface area (Å²) in [6.07, 6.45) is -0.200. The van der Waals surface area contributed by atoms with Crippen LogP contribution in [0.25, 0.3) is 11.0 Å². The Balaban J connectivity index is 2.83. The monoisotopic (exact) mass is 292 g/mol. The Morgan fingerprint density at radius 1 is 1.24 bits per heavy atom. The molecule has 1 aromatic heterocycles. The lowest BCUT2D eigenvalue weighted by Gasteiger charge is -2.16. The molecule has 0 aliphatic carbocycles. The van der Waals surface area contributed by atoms with E-state index in [1.165, 1.54) is 14.0 Å². The molecule has 21 heavy (non-hydrogen) atoms. The summed E-state index contributed by atoms with van der Waals surface area (Å²) in [6, 6.07) is 4.81. The van der Waals surface area contributed by atoms with Crippen molar-refractivity contribution in [2.24, 2.45) is 0 Å². The van der Waals surface area contributed by atoms with Gasteiger partial charge in [0.15, 0.2) is 5.75 Å². The molecule has 2 aromatic rings. The average Bonchev–Trinajstić information content (AvgIpc) is 2.37. The first kappa shape index (κ1) is 14.9. The second kappa shape index (κ2) is 5.87. The van der Waals surface area contributed by atoms with Crippen LogP contribution in [0.5, 0.6) is 17.2 Å². The Bertz CT molecular complexity index is 729. The number of carbonyl (C=O) groups excluding carboxylic acids is 1. The first-order valence-electron chi connectivity index (χ1n) is 6.43. The molecular weight excluding hydrogens is 276 g/mol. The number of esters is 1. The molecule has 0 fully saturated rings. The van der Waals surface area contributed by atoms with Crippen molar-refractivity contribution in [2.45, 2.75) is 26.9 Å². The molecule has 6 heteroatoms. The summed E-state index contributed by atoms with van der Waals surface area (Å²) >= 11 is 0. The van der Waals surface area contributed by atoms with E-state index in [0.29, 0.717) is 5.39 Å². The molecule has 1 heterocycles. The van der Waals surface area contributed by atoms with Gasteiger partial charge in [-0.05, 0) is 26.0 Å². The molecule has 0 bridgehead atoms. The third-order valence-electron chi connectivity index (χ3n) is 2.62. The zero-order valence-corrected chi connectivity index (χ0v) is 12.3. The second-order valence-electron chi connectivity index (χ2n) is 4.64. The van der Waals surface area contributed by atoms with Gasteiger partial charge in [0.05, 0.1) is 13.2 Å². The maximum Gasteiger partial charge on any atom is 0.383 e. The van der Waals surface area contributed by atoms with Crippen LogP contribution in [0.4, 0.5) is 0 Å². The summed E-state index contributed by atoms with van der Waals surface area (Å²) in [6.45, 7) is 4.92. The molecule has 0 saturated heterocycles. The molecule has 2 rings (SSSR count). The van der Waals surface area contributed by atoms with E-state index in [2.05, 4.69) is 0 Å². The SMILES string of the molecule is COc1c(OC(C)C)c2c(OC(C)=O)cccc2oc1=O. The number of ether oxygens (including phenoxy) is 3. The van der Waals surface area contributed by atoms with Gasteiger partial charge < -0.3 is 18.6 Å². The van der Waals surface area contributed by atoms with Gasteiger partial charge in [-0.1, -0.05) is 6.07 Å². The molecule has 0 aliphatic rings. The third-order valence-corrected chi connectivity index (χ3v) is 2.62. The third kappa shape index (κ3) is 2.99. The highest BCUT2D eigenvalue weighted by Crippen LogP contribution is 2.39. The Labute approximate surface area is 121 Å². The van der Waals surface area contributed by atoms with E-state index in [1.54, 1.807) is 18.2 Å². The quantitative estimate of drug-likeness (QED) is 0.489. The van der Waals surface area contributed by atoms with E-state index in [4.69, 9.17) is 18.6 Å². The second-order valence-corrected chi connectivity index (χ2v) is 4.64. The minimum absolute atomic E-state index is 0.0594. The Morgan fingerprint density at radius 3 is 2.52 bits per heavy atom. The molecule has 0 radical (unpaired) electrons. The lowest BCUT2D eigenvalue weighted by Crippen LogP contribution is -2.13. The van der Waals surface area contributed by atoms with Crippen molar-refractivity contribution in [2.75, 3.05) is 7.11 Å². The summed E-state index contributed by atoms with van der Waals surface area (Å²) < 4.78 is 21.1. The number of methoxy groups -OCH3 is 1. The van der Waals surface area contributed by atoms with Gasteiger partial charge in [-0.15, -0.1) is 0 Å². The van der Waals surface area contributed by atoms with Crippen LogP contribution in [-0.2, 0) is 4.79 Å². The number of benzene rings is 1. The number of hydrogen-bond acceptors (Lipinski definition) is 6. The standard InChI is InChI=1S/C15H16O6/c1-8(2)19-13-12-10(20-9(3)16)6-5-7-11(12)21-15(17)14(13)18-4/h5-8H,1-4H3. The zero-order valence-electron chi connectivity index (χ0n) is 12.3. The molecule has 0 N–H and O–H groups in total. The number of rotatable bonds is 4. The zero-order chi connectivity index (χ0) is 15.6. The molecule has 0 unspecified atom stereocenters. The summed E-state index contributed by atoms with van der Waals surface area (Å²) in [5, 5.41) is 0.387. The van der Waals surface area contributed by atoms with Crippen molar-refractivity contribution in [1.29, 1.82) is 0 Å². The van der Waals surface area contributed by atoms with Gasteiger partial charge >= 0.3 is 11.6 Å². The highest BCUT2D eigenvalue weighted by atomic mass is 16.5. The Kier molecular flexibility index (Phi) is 4.16. The highest BCUT2D eigenvalue weighted by Gasteiger charge is 2.21. The van der Waals surface area contributed by atoms with E-state index >= 15 is 0 Å². The fourth-order valence-electron chi connectivity index (χ4n) is 1.94. The molecule has 1 aromatic carbocycles. The molecule has 112 valence electrons. The minimum Gasteiger partial charge on any atom is -0.487 e. The summed E-state index contributed by atoms with van der Waals surface area (Å²) in [5.41, 5.74) is -0.393. The van der Waals surface area contributed by atoms with Gasteiger partial charge in [0.1, 0.15) is 16.7 Å². The molecule has 0 saturated carbocycles. The normalized spacial score (nSPS) is 10.7. The number of carbonyl (C=O) groups is 1. The molecule has 0 atom stereocenters. The van der Waals surface area contributed by atoms with Crippen molar-refractivity contribution in [3.8, 4) is 17.2 Å². The lowest BCUT2D eigenvalue weighted by molar-refractivity contribution is -0.131. The van der Waals surface area contributed by atoms with Crippen LogP contribution >= 0.6 is 0 Å². The maximum absolute atomic E-state index is 11.9. The van der Waals surface area contributed by atoms with Gasteiger partial charge in [0, 0.05) is 6.92 Å². The molecule has 0 spiro atoms. The van der Waals surface area contributed by atoms with E-state index in [0.717, 1.165) is 0 Å². The van der Waals surface area contributed by atoms with Crippen molar-refractivity contribution in [3.63, 3.8) is 0 Å². The predicted octanol–water partition coefficient (Wildman–Crippen LogP) is 2.51. The van der Waals surface area contributed by atoms with E-state index < -0.39 is 11.6 Å².